The van der Waals surface area contributed by atoms with Crippen LogP contribution in [0.5, 0.6) is 0 Å². The van der Waals surface area contributed by atoms with Gasteiger partial charge in [0.2, 0.25) is 0 Å². The van der Waals surface area contributed by atoms with Gasteiger partial charge in [-0.1, -0.05) is 11.6 Å². The van der Waals surface area contributed by atoms with E-state index in [1.165, 1.54) is 18.2 Å². The first-order valence-corrected chi connectivity index (χ1v) is 6.96. The minimum atomic E-state index is -4.27. The maximum absolute atomic E-state index is 12.4. The Labute approximate surface area is 118 Å². The zero-order chi connectivity index (χ0) is 14.9. The lowest BCUT2D eigenvalue weighted by Crippen LogP contribution is -2.15. The lowest BCUT2D eigenvalue weighted by atomic mass is 10.3. The molecule has 1 aromatic carbocycles. The average molecular weight is 312 g/mol. The van der Waals surface area contributed by atoms with Crippen LogP contribution in [-0.2, 0) is 10.0 Å². The lowest BCUT2D eigenvalue weighted by molar-refractivity contribution is -0.387. The van der Waals surface area contributed by atoms with E-state index in [1.54, 1.807) is 6.07 Å². The third-order valence-corrected chi connectivity index (χ3v) is 4.44. The molecule has 0 saturated carbocycles. The van der Waals surface area contributed by atoms with Crippen molar-refractivity contribution in [3.05, 3.63) is 57.4 Å². The first-order chi connectivity index (χ1) is 9.37. The average Bonchev–Trinajstić information content (AvgIpc) is 2.87. The van der Waals surface area contributed by atoms with E-state index >= 15 is 0 Å². The third kappa shape index (κ3) is 2.24. The second kappa shape index (κ2) is 4.96. The van der Waals surface area contributed by atoms with Gasteiger partial charge in [-0.15, -0.1) is 0 Å². The number of nitro benzene ring substituents is 1. The van der Waals surface area contributed by atoms with E-state index < -0.39 is 25.5 Å². The van der Waals surface area contributed by atoms with Gasteiger partial charge in [0, 0.05) is 17.3 Å². The number of aromatic nitrogens is 1. The predicted molar refractivity (Wildman–Crippen MR) is 69.8 cm³/mol. The molecule has 2 rings (SSSR count). The van der Waals surface area contributed by atoms with Gasteiger partial charge in [-0.3, -0.25) is 10.1 Å². The Balaban J connectivity index is 2.76. The fourth-order valence-corrected chi connectivity index (χ4v) is 3.34. The Kier molecular flexibility index (Phi) is 3.48. The molecule has 0 aliphatic carbocycles. The first kappa shape index (κ1) is 14.0. The van der Waals surface area contributed by atoms with Crippen LogP contribution in [-0.4, -0.2) is 17.3 Å². The number of halogens is 1. The SMILES string of the molecule is N#Cc1cccn1S(=O)(=O)c1cc(Cl)ccc1[N+](=O)[O-]. The van der Waals surface area contributed by atoms with Crippen molar-refractivity contribution in [3.63, 3.8) is 0 Å². The molecule has 0 N–H and O–H groups in total. The highest BCUT2D eigenvalue weighted by Crippen LogP contribution is 2.29. The molecule has 0 fully saturated rings. The van der Waals surface area contributed by atoms with Crippen molar-refractivity contribution >= 4 is 27.3 Å². The number of rotatable bonds is 3. The molecule has 102 valence electrons. The van der Waals surface area contributed by atoms with Crippen molar-refractivity contribution < 1.29 is 13.3 Å². The van der Waals surface area contributed by atoms with Crippen LogP contribution in [0.15, 0.2) is 41.4 Å². The summed E-state index contributed by atoms with van der Waals surface area (Å²) in [6.45, 7) is 0. The van der Waals surface area contributed by atoms with Gasteiger partial charge < -0.3 is 0 Å². The zero-order valence-electron chi connectivity index (χ0n) is 9.72. The number of nitriles is 1. The Morgan fingerprint density at radius 3 is 2.65 bits per heavy atom. The summed E-state index contributed by atoms with van der Waals surface area (Å²) in [5, 5.41) is 19.8. The summed E-state index contributed by atoms with van der Waals surface area (Å²) in [5.41, 5.74) is -0.758. The quantitative estimate of drug-likeness (QED) is 0.637. The molecule has 0 aliphatic heterocycles. The van der Waals surface area contributed by atoms with Gasteiger partial charge in [-0.25, -0.2) is 12.4 Å². The molecule has 1 aromatic heterocycles. The maximum atomic E-state index is 12.4. The third-order valence-electron chi connectivity index (χ3n) is 2.48. The van der Waals surface area contributed by atoms with Gasteiger partial charge >= 0.3 is 0 Å². The summed E-state index contributed by atoms with van der Waals surface area (Å²) in [4.78, 5) is 9.54. The molecule has 2 aromatic rings. The van der Waals surface area contributed by atoms with Gasteiger partial charge in [0.1, 0.15) is 11.8 Å². The molecule has 9 heteroatoms. The number of hydrogen-bond acceptors (Lipinski definition) is 5. The smallest absolute Gasteiger partial charge is 0.258 e. The molecule has 0 aliphatic rings. The van der Waals surface area contributed by atoms with Crippen molar-refractivity contribution in [2.24, 2.45) is 0 Å². The van der Waals surface area contributed by atoms with Crippen LogP contribution in [0.1, 0.15) is 5.69 Å². The van der Waals surface area contributed by atoms with E-state index in [0.29, 0.717) is 3.97 Å². The summed E-state index contributed by atoms with van der Waals surface area (Å²) in [6.07, 6.45) is 1.14. The molecule has 7 nitrogen and oxygen atoms in total. The minimum Gasteiger partial charge on any atom is -0.258 e. The van der Waals surface area contributed by atoms with Crippen LogP contribution in [0.3, 0.4) is 0 Å². The molecule has 20 heavy (non-hydrogen) atoms. The van der Waals surface area contributed by atoms with E-state index in [4.69, 9.17) is 16.9 Å². The van der Waals surface area contributed by atoms with Crippen LogP contribution >= 0.6 is 11.6 Å². The second-order valence-electron chi connectivity index (χ2n) is 3.68. The predicted octanol–water partition coefficient (Wildman–Crippen LogP) is 2.16. The van der Waals surface area contributed by atoms with Crippen molar-refractivity contribution in [1.82, 2.24) is 3.97 Å². The molecule has 0 atom stereocenters. The molecule has 0 bridgehead atoms. The number of nitro groups is 1. The first-order valence-electron chi connectivity index (χ1n) is 5.15. The van der Waals surface area contributed by atoms with E-state index in [1.807, 2.05) is 0 Å². The number of nitrogens with zero attached hydrogens (tertiary/aromatic N) is 3. The Morgan fingerprint density at radius 2 is 2.05 bits per heavy atom. The molecular formula is C11H6ClN3O4S. The Morgan fingerprint density at radius 1 is 1.35 bits per heavy atom. The fourth-order valence-electron chi connectivity index (χ4n) is 1.61. The van der Waals surface area contributed by atoms with E-state index in [0.717, 1.165) is 18.3 Å². The topological polar surface area (TPSA) is 106 Å². The van der Waals surface area contributed by atoms with Crippen LogP contribution in [0.4, 0.5) is 5.69 Å². The molecule has 0 saturated heterocycles. The monoisotopic (exact) mass is 311 g/mol. The summed E-state index contributed by atoms with van der Waals surface area (Å²) in [5.74, 6) is 0. The van der Waals surface area contributed by atoms with Crippen LogP contribution < -0.4 is 0 Å². The highest BCUT2D eigenvalue weighted by molar-refractivity contribution is 7.90. The Hall–Kier alpha value is -2.37. The zero-order valence-corrected chi connectivity index (χ0v) is 11.3. The summed E-state index contributed by atoms with van der Waals surface area (Å²) in [6, 6.07) is 7.54. The number of benzene rings is 1. The van der Waals surface area contributed by atoms with Crippen LogP contribution in [0.2, 0.25) is 5.02 Å². The fraction of sp³-hybridized carbons (Fsp3) is 0. The minimum absolute atomic E-state index is 0.0415. The summed E-state index contributed by atoms with van der Waals surface area (Å²) in [7, 11) is -4.27. The van der Waals surface area contributed by atoms with Gasteiger partial charge in [0.05, 0.1) is 4.92 Å². The van der Waals surface area contributed by atoms with Gasteiger partial charge in [0.15, 0.2) is 4.90 Å². The Bertz CT molecular complexity index is 836. The molecule has 0 unspecified atom stereocenters. The standard InChI is InChI=1S/C11H6ClN3O4S/c12-8-3-4-10(15(16)17)11(6-8)20(18,19)14-5-1-2-9(14)7-13/h1-6H. The highest BCUT2D eigenvalue weighted by Gasteiger charge is 2.28. The second-order valence-corrected chi connectivity index (χ2v) is 5.90. The van der Waals surface area contributed by atoms with E-state index in [9.17, 15) is 18.5 Å². The maximum Gasteiger partial charge on any atom is 0.290 e. The molecule has 0 spiro atoms. The lowest BCUT2D eigenvalue weighted by Gasteiger charge is -2.07. The number of hydrogen-bond donors (Lipinski definition) is 0. The molecule has 0 amide bonds. The van der Waals surface area contributed by atoms with Crippen molar-refractivity contribution in [3.8, 4) is 6.07 Å². The van der Waals surface area contributed by atoms with Crippen molar-refractivity contribution in [2.75, 3.05) is 0 Å². The van der Waals surface area contributed by atoms with Crippen molar-refractivity contribution in [1.29, 1.82) is 5.26 Å². The molecule has 0 radical (unpaired) electrons. The van der Waals surface area contributed by atoms with Gasteiger partial charge in [0.25, 0.3) is 15.7 Å². The highest BCUT2D eigenvalue weighted by atomic mass is 35.5. The summed E-state index contributed by atoms with van der Waals surface area (Å²) < 4.78 is 25.5. The molecular weight excluding hydrogens is 306 g/mol. The summed E-state index contributed by atoms with van der Waals surface area (Å²) >= 11 is 5.70. The normalized spacial score (nSPS) is 11.0. The van der Waals surface area contributed by atoms with Crippen LogP contribution in [0.25, 0.3) is 0 Å². The van der Waals surface area contributed by atoms with Crippen molar-refractivity contribution in [2.45, 2.75) is 4.90 Å². The van der Waals surface area contributed by atoms with E-state index in [-0.39, 0.29) is 10.7 Å². The molecule has 1 heterocycles. The van der Waals surface area contributed by atoms with Gasteiger partial charge in [-0.2, -0.15) is 5.26 Å². The van der Waals surface area contributed by atoms with E-state index in [2.05, 4.69) is 0 Å². The van der Waals surface area contributed by atoms with Gasteiger partial charge in [-0.05, 0) is 24.3 Å². The van der Waals surface area contributed by atoms with Crippen LogP contribution in [0, 0.1) is 21.4 Å². The largest absolute Gasteiger partial charge is 0.290 e.